The first kappa shape index (κ1) is 24.2. The van der Waals surface area contributed by atoms with Crippen LogP contribution >= 0.6 is 0 Å². The zero-order valence-corrected chi connectivity index (χ0v) is 21.6. The predicted molar refractivity (Wildman–Crippen MR) is 137 cm³/mol. The van der Waals surface area contributed by atoms with Gasteiger partial charge in [-0.25, -0.2) is 0 Å². The average molecular weight is 484 g/mol. The van der Waals surface area contributed by atoms with Gasteiger partial charge >= 0.3 is 0 Å². The third kappa shape index (κ3) is 3.47. The number of fused-ring (bicyclic) bond motifs is 5. The van der Waals surface area contributed by atoms with Gasteiger partial charge in [0.05, 0.1) is 17.3 Å². The van der Waals surface area contributed by atoms with Crippen molar-refractivity contribution in [1.29, 1.82) is 0 Å². The maximum absolute atomic E-state index is 12.6. The van der Waals surface area contributed by atoms with Crippen LogP contribution in [0.4, 0.5) is 0 Å². The molecule has 0 aromatic heterocycles. The molecule has 8 atom stereocenters. The zero-order valence-electron chi connectivity index (χ0n) is 21.6. The summed E-state index contributed by atoms with van der Waals surface area (Å²) in [6.07, 6.45) is 17.1. The quantitative estimate of drug-likeness (QED) is 0.488. The van der Waals surface area contributed by atoms with Gasteiger partial charge in [-0.2, -0.15) is 0 Å². The van der Waals surface area contributed by atoms with Gasteiger partial charge in [0.15, 0.2) is 0 Å². The fraction of sp³-hybridized carbons (Fsp3) is 0.833. The van der Waals surface area contributed by atoms with Crippen molar-refractivity contribution in [2.24, 2.45) is 33.6 Å². The third-order valence-electron chi connectivity index (χ3n) is 11.8. The van der Waals surface area contributed by atoms with Gasteiger partial charge in [-0.1, -0.05) is 32.8 Å². The van der Waals surface area contributed by atoms with Crippen LogP contribution in [0.2, 0.25) is 0 Å². The Morgan fingerprint density at radius 3 is 2.49 bits per heavy atom. The Kier molecular flexibility index (Phi) is 5.82. The maximum atomic E-state index is 12.6. The molecule has 1 heterocycles. The molecule has 0 bridgehead atoms. The number of nitrogens with zero attached hydrogens (tertiary/aromatic N) is 1. The molecule has 0 amide bonds. The summed E-state index contributed by atoms with van der Waals surface area (Å²) in [7, 11) is 0. The smallest absolute Gasteiger partial charge is 0.112 e. The summed E-state index contributed by atoms with van der Waals surface area (Å²) < 4.78 is 5.70. The summed E-state index contributed by atoms with van der Waals surface area (Å²) in [5.74, 6) is 1.44. The van der Waals surface area contributed by atoms with Crippen LogP contribution in [0.3, 0.4) is 0 Å². The lowest BCUT2D eigenvalue weighted by Gasteiger charge is -2.65. The van der Waals surface area contributed by atoms with E-state index in [4.69, 9.17) is 9.73 Å². The molecule has 5 nitrogen and oxygen atoms in total. The molecule has 6 aliphatic rings. The van der Waals surface area contributed by atoms with E-state index in [-0.39, 0.29) is 17.3 Å². The van der Waals surface area contributed by atoms with Crippen LogP contribution in [0.25, 0.3) is 0 Å². The minimum absolute atomic E-state index is 0.158. The van der Waals surface area contributed by atoms with E-state index in [1.54, 1.807) is 0 Å². The Morgan fingerprint density at radius 2 is 1.74 bits per heavy atom. The van der Waals surface area contributed by atoms with Crippen molar-refractivity contribution in [3.63, 3.8) is 0 Å². The van der Waals surface area contributed by atoms with E-state index in [9.17, 15) is 15.3 Å². The van der Waals surface area contributed by atoms with Gasteiger partial charge in [-0.15, -0.1) is 0 Å². The predicted octanol–water partition coefficient (Wildman–Crippen LogP) is 5.09. The second-order valence-corrected chi connectivity index (χ2v) is 13.2. The van der Waals surface area contributed by atoms with E-state index in [0.29, 0.717) is 37.8 Å². The molecular formula is C30H45NO4. The summed E-state index contributed by atoms with van der Waals surface area (Å²) in [5.41, 5.74) is -0.987. The van der Waals surface area contributed by atoms with Gasteiger partial charge in [-0.05, 0) is 93.6 Å². The molecule has 6 rings (SSSR count). The molecule has 1 aliphatic heterocycles. The highest BCUT2D eigenvalue weighted by Crippen LogP contribution is 2.70. The largest absolute Gasteiger partial charge is 0.490 e. The van der Waals surface area contributed by atoms with E-state index in [0.717, 1.165) is 57.1 Å². The van der Waals surface area contributed by atoms with Crippen molar-refractivity contribution in [3.05, 3.63) is 24.0 Å². The zero-order chi connectivity index (χ0) is 24.5. The number of rotatable bonds is 3. The Hall–Kier alpha value is -1.17. The molecule has 0 saturated heterocycles. The number of hydrogen-bond donors (Lipinski definition) is 3. The summed E-state index contributed by atoms with van der Waals surface area (Å²) in [4.78, 5) is 5.17. The van der Waals surface area contributed by atoms with E-state index >= 15 is 0 Å². The highest BCUT2D eigenvalue weighted by molar-refractivity contribution is 5.70. The molecule has 5 unspecified atom stereocenters. The minimum atomic E-state index is -0.925. The third-order valence-corrected chi connectivity index (χ3v) is 11.8. The summed E-state index contributed by atoms with van der Waals surface area (Å²) >= 11 is 0. The number of ether oxygens (including phenoxy) is 1. The molecule has 194 valence electrons. The topological polar surface area (TPSA) is 82.3 Å². The summed E-state index contributed by atoms with van der Waals surface area (Å²) in [6, 6.07) is 0.366. The highest BCUT2D eigenvalue weighted by atomic mass is 16.5. The molecule has 5 fully saturated rings. The molecular weight excluding hydrogens is 438 g/mol. The van der Waals surface area contributed by atoms with Crippen molar-refractivity contribution >= 4 is 6.21 Å². The van der Waals surface area contributed by atoms with Crippen LogP contribution in [-0.4, -0.2) is 51.5 Å². The molecule has 5 heteroatoms. The standard InChI is InChI=1S/C30H45NO4/c1-20-16-21(18-35-20)24-11-15-30(34)26-10-14-29(33)17-23(32)8-13-28(29,25(26)9-12-27(24,30)2)19-31-22-6-4-3-5-7-22/h16,19,22-26,32-34H,1,3-15,17-18H2,2H3/b31-19+/t23-,24?,25+,26-,27?,28?,29?,30?/m1/s1. The van der Waals surface area contributed by atoms with Crippen LogP contribution in [0, 0.1) is 28.6 Å². The summed E-state index contributed by atoms with van der Waals surface area (Å²) in [6.45, 7) is 6.92. The number of aliphatic hydroxyl groups excluding tert-OH is 1. The molecule has 0 radical (unpaired) electrons. The van der Waals surface area contributed by atoms with Crippen LogP contribution in [0.15, 0.2) is 29.0 Å². The Morgan fingerprint density at radius 1 is 0.971 bits per heavy atom. The van der Waals surface area contributed by atoms with Crippen molar-refractivity contribution < 1.29 is 20.1 Å². The van der Waals surface area contributed by atoms with Crippen molar-refractivity contribution in [1.82, 2.24) is 0 Å². The normalized spacial score (nSPS) is 50.4. The van der Waals surface area contributed by atoms with Gasteiger partial charge in [0.1, 0.15) is 12.4 Å². The van der Waals surface area contributed by atoms with Crippen molar-refractivity contribution in [2.75, 3.05) is 6.61 Å². The Bertz CT molecular complexity index is 923. The Balaban J connectivity index is 1.36. The van der Waals surface area contributed by atoms with Crippen LogP contribution < -0.4 is 0 Å². The SMILES string of the molecule is C=C1C=C(C2CCC3(O)[C@@H]4CCC5(O)C[C@H](O)CCC5(/C=N/C5CCCCC5)[C@H]4CCC23C)CO1. The molecule has 5 saturated carbocycles. The van der Waals surface area contributed by atoms with Crippen molar-refractivity contribution in [3.8, 4) is 0 Å². The molecule has 5 aliphatic carbocycles. The number of allylic oxidation sites excluding steroid dienone is 1. The summed E-state index contributed by atoms with van der Waals surface area (Å²) in [5, 5.41) is 35.3. The fourth-order valence-corrected chi connectivity index (χ4v) is 9.91. The number of hydrogen-bond acceptors (Lipinski definition) is 5. The lowest BCUT2D eigenvalue weighted by atomic mass is 9.41. The molecule has 0 aromatic rings. The van der Waals surface area contributed by atoms with Crippen LogP contribution in [0.5, 0.6) is 0 Å². The second-order valence-electron chi connectivity index (χ2n) is 13.2. The lowest BCUT2D eigenvalue weighted by Crippen LogP contribution is -2.68. The van der Waals surface area contributed by atoms with E-state index in [1.807, 2.05) is 0 Å². The highest BCUT2D eigenvalue weighted by Gasteiger charge is 2.71. The first-order chi connectivity index (χ1) is 16.7. The van der Waals surface area contributed by atoms with E-state index in [1.165, 1.54) is 24.8 Å². The maximum Gasteiger partial charge on any atom is 0.112 e. The van der Waals surface area contributed by atoms with Crippen LogP contribution in [-0.2, 0) is 4.74 Å². The number of aliphatic imine (C=N–C) groups is 1. The first-order valence-corrected chi connectivity index (χ1v) is 14.4. The Labute approximate surface area is 210 Å². The van der Waals surface area contributed by atoms with Gasteiger partial charge in [0.2, 0.25) is 0 Å². The molecule has 3 N–H and O–H groups in total. The molecule has 0 spiro atoms. The van der Waals surface area contributed by atoms with Gasteiger partial charge in [0.25, 0.3) is 0 Å². The minimum Gasteiger partial charge on any atom is -0.490 e. The fourth-order valence-electron chi connectivity index (χ4n) is 9.91. The first-order valence-electron chi connectivity index (χ1n) is 14.4. The van der Waals surface area contributed by atoms with E-state index in [2.05, 4.69) is 25.8 Å². The average Bonchev–Trinajstić information content (AvgIpc) is 3.38. The van der Waals surface area contributed by atoms with E-state index < -0.39 is 22.7 Å². The molecule has 0 aromatic carbocycles. The van der Waals surface area contributed by atoms with Gasteiger partial charge < -0.3 is 20.1 Å². The monoisotopic (exact) mass is 483 g/mol. The van der Waals surface area contributed by atoms with Gasteiger partial charge in [-0.3, -0.25) is 4.99 Å². The number of aliphatic hydroxyl groups is 3. The van der Waals surface area contributed by atoms with Crippen molar-refractivity contribution in [2.45, 2.75) is 120 Å². The second kappa shape index (κ2) is 8.43. The van der Waals surface area contributed by atoms with Gasteiger partial charge in [0, 0.05) is 29.5 Å². The van der Waals surface area contributed by atoms with Crippen LogP contribution in [0.1, 0.15) is 96.8 Å². The molecule has 35 heavy (non-hydrogen) atoms. The lowest BCUT2D eigenvalue weighted by molar-refractivity contribution is -0.237.